The van der Waals surface area contributed by atoms with Crippen molar-refractivity contribution < 1.29 is 102 Å². The van der Waals surface area contributed by atoms with Crippen LogP contribution in [0, 0.1) is 48.2 Å². The van der Waals surface area contributed by atoms with Gasteiger partial charge in [0.05, 0.1) is 12.2 Å². The van der Waals surface area contributed by atoms with Gasteiger partial charge in [-0.25, -0.2) is 4.57 Å². The first kappa shape index (κ1) is 92.9. The third-order valence-electron chi connectivity index (χ3n) is 14.0. The van der Waals surface area contributed by atoms with Crippen LogP contribution in [0.2, 0.25) is 0 Å². The van der Waals surface area contributed by atoms with Gasteiger partial charge in [-0.1, -0.05) is 72.8 Å². The van der Waals surface area contributed by atoms with Gasteiger partial charge in [-0.15, -0.1) is 11.6 Å². The second kappa shape index (κ2) is 40.2. The Kier molecular flexibility index (Phi) is 35.2. The summed E-state index contributed by atoms with van der Waals surface area (Å²) in [7, 11) is -9.29. The molecule has 0 bridgehead atoms. The number of rotatable bonds is 25. The van der Waals surface area contributed by atoms with Crippen LogP contribution < -0.4 is 49.1 Å². The van der Waals surface area contributed by atoms with E-state index in [0.717, 1.165) is 84.3 Å². The molecule has 2 aromatic heterocycles. The number of aryl methyl sites for hydroxylation is 8. The summed E-state index contributed by atoms with van der Waals surface area (Å²) in [5, 5.41) is 8.69. The minimum absolute atomic E-state index is 0.0130. The van der Waals surface area contributed by atoms with E-state index in [1.807, 2.05) is 162 Å². The molecule has 31 heteroatoms. The van der Waals surface area contributed by atoms with Gasteiger partial charge in [0, 0.05) is 84.2 Å². The van der Waals surface area contributed by atoms with Crippen LogP contribution in [0.5, 0.6) is 17.2 Å². The molecule has 106 heavy (non-hydrogen) atoms. The van der Waals surface area contributed by atoms with Crippen LogP contribution >= 0.6 is 46.6 Å². The molecule has 0 unspecified atom stereocenters. The Morgan fingerprint density at radius 3 is 1.05 bits per heavy atom. The number of hydrogen-bond acceptors (Lipinski definition) is 8. The van der Waals surface area contributed by atoms with Crippen LogP contribution in [0.1, 0.15) is 130 Å². The molecule has 0 atom stereocenters. The quantitative estimate of drug-likeness (QED) is 0.0129. The van der Waals surface area contributed by atoms with E-state index in [-0.39, 0.29) is 36.0 Å². The number of nitrogens with zero attached hydrogens (tertiary/aromatic N) is 4. The summed E-state index contributed by atoms with van der Waals surface area (Å²) in [5.74, 6) is 2.72. The summed E-state index contributed by atoms with van der Waals surface area (Å²) < 4.78 is 142. The summed E-state index contributed by atoms with van der Waals surface area (Å²) in [6.45, 7) is 38.6. The van der Waals surface area contributed by atoms with Gasteiger partial charge >= 0.3 is 228 Å². The third kappa shape index (κ3) is 42.3. The Balaban J connectivity index is 0.000000346. The number of alkyl halides is 1. The summed E-state index contributed by atoms with van der Waals surface area (Å²) in [5.41, 5.74) is 15.6. The Morgan fingerprint density at radius 1 is 0.491 bits per heavy atom. The molecule has 5 aromatic carbocycles. The average Bonchev–Trinajstić information content (AvgIpc) is 1.79. The van der Waals surface area contributed by atoms with Crippen LogP contribution in [-0.2, 0) is 41.0 Å². The van der Waals surface area contributed by atoms with Crippen molar-refractivity contribution in [3.63, 3.8) is 0 Å². The maximum absolute atomic E-state index is 12.2. The number of amides is 3. The van der Waals surface area contributed by atoms with Gasteiger partial charge in [0.25, 0.3) is 0 Å². The van der Waals surface area contributed by atoms with Crippen molar-refractivity contribution >= 4 is 110 Å². The molecule has 0 radical (unpaired) electrons. The van der Waals surface area contributed by atoms with E-state index in [1.165, 1.54) is 44.8 Å². The number of carbonyl (C=O) groups excluding carboxylic acids is 3. The fourth-order valence-corrected chi connectivity index (χ4v) is 12.4. The summed E-state index contributed by atoms with van der Waals surface area (Å²) in [4.78, 5) is 40.7. The van der Waals surface area contributed by atoms with E-state index in [0.29, 0.717) is 37.3 Å². The molecule has 0 saturated carbocycles. The van der Waals surface area contributed by atoms with Crippen molar-refractivity contribution in [1.82, 2.24) is 0 Å². The first-order valence-corrected chi connectivity index (χ1v) is 43.4. The standard InChI is InChI=1S/C21H27N2.C20H24N2O2.C19H22N2O2.C15H20ClNO2.2ClH.2F6P.Ru/c1-14-9-16(3)20(17(4)10-14)22-7-8-23(13-22)21-18(5)11-15(2)12-19(21)6;1-4-17-15-18(10-11-19(17)24-16(2)3)21-20(23)9-8-14-22-12-6-5-7-13-22;1-15(2)23-18-10-9-17(14-16(18)3)20-19(22)8-7-13-21-11-5-4-6-12-21;1-4-12-10-13(17-15(18)6-5-9-16)7-8-14(12)19-11(2)3;;;2*1-7(2,3,4,5)6;/h9-13H,7-8H2,1-6H3;4-7,10-13,15-16H,1,8-9,14H2,2-3H3;3-6,9-12,14-15H,7-8,13H2,1-2H3;4,7-8,10-11H,1,5-6,9H2,2-3H3,(H,17,18);2*1H;;;/q-1;;;;;;2*-1;+2. The van der Waals surface area contributed by atoms with Gasteiger partial charge < -0.3 is 29.9 Å². The number of aromatic nitrogens is 2. The fourth-order valence-electron chi connectivity index (χ4n) is 10.4. The van der Waals surface area contributed by atoms with Crippen LogP contribution in [0.25, 0.3) is 12.2 Å². The second-order valence-corrected chi connectivity index (χ2v) is 35.2. The molecular formula is C75H95Cl3F12N7O6P2Ru-. The molecule has 1 aliphatic heterocycles. The molecule has 590 valence electrons. The van der Waals surface area contributed by atoms with Crippen molar-refractivity contribution in [3.05, 3.63) is 210 Å². The Bertz CT molecular complexity index is 3940. The molecule has 1 saturated heterocycles. The molecule has 7 aromatic rings. The van der Waals surface area contributed by atoms with E-state index in [2.05, 4.69) is 121 Å². The monoisotopic (exact) mass is 1690 g/mol. The fraction of sp³-hybridized carbons (Fsp3) is 0.347. The molecule has 0 spiro atoms. The molecule has 3 heterocycles. The van der Waals surface area contributed by atoms with Crippen LogP contribution in [0.4, 0.5) is 78.8 Å². The van der Waals surface area contributed by atoms with Crippen LogP contribution in [0.15, 0.2) is 153 Å². The predicted octanol–water partition coefficient (Wildman–Crippen LogP) is 23.9. The number of benzene rings is 5. The van der Waals surface area contributed by atoms with E-state index >= 15 is 0 Å². The third-order valence-corrected chi connectivity index (χ3v) is 16.1. The van der Waals surface area contributed by atoms with Crippen molar-refractivity contribution in [2.75, 3.05) is 44.7 Å². The SMILES string of the molecule is C=Cc1cc(NC(=O)CCCCl)ccc1OC(C)C.C=Cc1cc(NC(=O)CCC[n+]2ccccc2)ccc1OC(C)C.CC(C)Oc1ccc(NC(=O)CCC[n+]2ccccc2)cc1[CH]=[Ru]([Cl])[Cl].Cc1cc(C)c(N2[CH-]N(c3c(C)cc(C)cc3C)CC2)c(C)c1.F[P-](F)(F)(F)(F)F.F[P-](F)(F)(F)(F)F. The molecule has 1 aliphatic rings. The predicted molar refractivity (Wildman–Crippen MR) is 409 cm³/mol. The molecular weight excluding hydrogens is 1590 g/mol. The van der Waals surface area contributed by atoms with Crippen molar-refractivity contribution in [1.29, 1.82) is 0 Å². The topological polar surface area (TPSA) is 129 Å². The van der Waals surface area contributed by atoms with E-state index < -0.39 is 29.1 Å². The van der Waals surface area contributed by atoms with E-state index in [1.54, 1.807) is 12.2 Å². The Morgan fingerprint density at radius 2 is 0.774 bits per heavy atom. The van der Waals surface area contributed by atoms with Crippen LogP contribution in [0.3, 0.4) is 0 Å². The Labute approximate surface area is 632 Å². The number of carbonyl (C=O) groups is 3. The number of halogens is 15. The van der Waals surface area contributed by atoms with Gasteiger partial charge in [-0.05, 0) is 134 Å². The summed E-state index contributed by atoms with van der Waals surface area (Å²) in [6, 6.07) is 37.6. The van der Waals surface area contributed by atoms with Crippen LogP contribution in [-0.4, -0.2) is 59.6 Å². The number of ether oxygens (including phenoxy) is 3. The van der Waals surface area contributed by atoms with Gasteiger partial charge in [0.2, 0.25) is 11.8 Å². The van der Waals surface area contributed by atoms with Gasteiger partial charge in [0.1, 0.15) is 18.0 Å². The maximum atomic E-state index is 12.2. The molecule has 0 aliphatic carbocycles. The number of nitrogens with one attached hydrogen (secondary N) is 3. The number of anilines is 5. The minimum atomic E-state index is -10.7. The second-order valence-electron chi connectivity index (χ2n) is 25.3. The van der Waals surface area contributed by atoms with E-state index in [9.17, 15) is 64.7 Å². The van der Waals surface area contributed by atoms with Crippen molar-refractivity contribution in [2.24, 2.45) is 0 Å². The zero-order valence-electron chi connectivity index (χ0n) is 61.2. The van der Waals surface area contributed by atoms with E-state index in [4.69, 9.17) is 45.2 Å². The summed E-state index contributed by atoms with van der Waals surface area (Å²) in [6.07, 6.45) is 15.3. The first-order chi connectivity index (χ1) is 48.8. The number of pyridine rings is 2. The zero-order chi connectivity index (χ0) is 80.1. The van der Waals surface area contributed by atoms with Crippen molar-refractivity contribution in [3.8, 4) is 17.2 Å². The van der Waals surface area contributed by atoms with Gasteiger partial charge in [-0.2, -0.15) is 6.67 Å². The summed E-state index contributed by atoms with van der Waals surface area (Å²) >= 11 is 3.56. The molecule has 13 nitrogen and oxygen atoms in total. The zero-order valence-corrected chi connectivity index (χ0v) is 67.0. The first-order valence-electron chi connectivity index (χ1n) is 33.4. The average molecular weight is 1690 g/mol. The molecule has 1 fully saturated rings. The van der Waals surface area contributed by atoms with Crippen molar-refractivity contribution in [2.45, 2.75) is 153 Å². The molecule has 3 N–H and O–H groups in total. The number of hydrogen-bond donors (Lipinski definition) is 3. The molecule has 3 amide bonds. The Hall–Kier alpha value is -7.33. The normalized spacial score (nSPS) is 13.2. The van der Waals surface area contributed by atoms with Gasteiger partial charge in [-0.3, -0.25) is 9.59 Å². The molecule has 8 rings (SSSR count). The van der Waals surface area contributed by atoms with Gasteiger partial charge in [0.15, 0.2) is 12.4 Å².